The summed E-state index contributed by atoms with van der Waals surface area (Å²) < 4.78 is 6.31. The molecule has 0 aliphatic carbocycles. The summed E-state index contributed by atoms with van der Waals surface area (Å²) in [6, 6.07) is 30.2. The number of fused-ring (bicyclic) bond motifs is 1. The minimum Gasteiger partial charge on any atom is -0.454 e. The van der Waals surface area contributed by atoms with E-state index < -0.39 is 0 Å². The van der Waals surface area contributed by atoms with E-state index in [9.17, 15) is 0 Å². The Morgan fingerprint density at radius 3 is 1.86 bits per heavy atom. The van der Waals surface area contributed by atoms with Gasteiger partial charge in [0.2, 0.25) is 0 Å². The summed E-state index contributed by atoms with van der Waals surface area (Å²) >= 11 is 0. The van der Waals surface area contributed by atoms with Gasteiger partial charge in [0.25, 0.3) is 0 Å². The van der Waals surface area contributed by atoms with Crippen LogP contribution in [0.25, 0.3) is 44.7 Å². The van der Waals surface area contributed by atoms with Crippen molar-refractivity contribution in [3.8, 4) is 33.7 Å². The second-order valence-corrected chi connectivity index (χ2v) is 11.5. The molecule has 0 fully saturated rings. The quantitative estimate of drug-likeness (QED) is 0.268. The molecule has 0 amide bonds. The molecule has 0 saturated carbocycles. The van der Waals surface area contributed by atoms with Crippen LogP contribution < -0.4 is 0 Å². The highest BCUT2D eigenvalue weighted by Crippen LogP contribution is 2.36. The van der Waals surface area contributed by atoms with Crippen LogP contribution in [0.15, 0.2) is 95.5 Å². The Hall–Kier alpha value is -3.65. The number of hydrogen-bond donors (Lipinski definition) is 0. The van der Waals surface area contributed by atoms with Crippen molar-refractivity contribution < 1.29 is 4.42 Å². The summed E-state index contributed by atoms with van der Waals surface area (Å²) in [7, 11) is 0. The molecule has 0 aliphatic heterocycles. The molecule has 5 aromatic rings. The van der Waals surface area contributed by atoms with Gasteiger partial charge in [0.15, 0.2) is 5.58 Å². The lowest BCUT2D eigenvalue weighted by atomic mass is 9.79. The lowest BCUT2D eigenvalue weighted by Gasteiger charge is -2.26. The van der Waals surface area contributed by atoms with Crippen molar-refractivity contribution in [2.75, 3.05) is 0 Å². The largest absolute Gasteiger partial charge is 0.454 e. The molecular weight excluding hydrogens is 426 g/mol. The molecule has 0 spiro atoms. The molecule has 3 aromatic carbocycles. The molecule has 0 saturated heterocycles. The van der Waals surface area contributed by atoms with E-state index in [2.05, 4.69) is 120 Å². The molecule has 0 aliphatic rings. The Morgan fingerprint density at radius 1 is 0.571 bits per heavy atom. The molecule has 0 bridgehead atoms. The van der Waals surface area contributed by atoms with Crippen LogP contribution in [-0.2, 0) is 10.8 Å². The Morgan fingerprint density at radius 2 is 1.20 bits per heavy atom. The van der Waals surface area contributed by atoms with Gasteiger partial charge in [-0.1, -0.05) is 96.1 Å². The second-order valence-electron chi connectivity index (χ2n) is 11.5. The maximum atomic E-state index is 6.31. The van der Waals surface area contributed by atoms with E-state index in [0.717, 1.165) is 33.6 Å². The highest BCUT2D eigenvalue weighted by atomic mass is 16.3. The fourth-order valence-corrected chi connectivity index (χ4v) is 4.37. The maximum absolute atomic E-state index is 6.31. The fourth-order valence-electron chi connectivity index (χ4n) is 4.37. The molecule has 0 N–H and O–H groups in total. The van der Waals surface area contributed by atoms with Crippen LogP contribution in [0.4, 0.5) is 0 Å². The standard InChI is InChI=1S/C33H33NO/c1-32(2,3)27-16-25(17-28(20-27)33(4,5)6)30-19-26-18-29(34-21-31(26)35-30)24-14-10-13-23(15-24)22-11-8-7-9-12-22/h7-21H,1-6H3. The summed E-state index contributed by atoms with van der Waals surface area (Å²) in [5.74, 6) is 0.883. The number of furan rings is 1. The number of nitrogens with zero attached hydrogens (tertiary/aromatic N) is 1. The SMILES string of the molecule is CC(C)(C)c1cc(-c2cc3cc(-c4cccc(-c5ccccc5)c4)ncc3o2)cc(C(C)(C)C)c1. The van der Waals surface area contributed by atoms with E-state index >= 15 is 0 Å². The Labute approximate surface area is 208 Å². The molecule has 0 radical (unpaired) electrons. The fraction of sp³-hybridized carbons (Fsp3) is 0.242. The van der Waals surface area contributed by atoms with Crippen LogP contribution in [0, 0.1) is 0 Å². The summed E-state index contributed by atoms with van der Waals surface area (Å²) in [4.78, 5) is 4.74. The van der Waals surface area contributed by atoms with E-state index in [0.29, 0.717) is 0 Å². The van der Waals surface area contributed by atoms with E-state index in [4.69, 9.17) is 9.40 Å². The van der Waals surface area contributed by atoms with Crippen molar-refractivity contribution in [1.82, 2.24) is 4.98 Å². The third-order valence-electron chi connectivity index (χ3n) is 6.62. The summed E-state index contributed by atoms with van der Waals surface area (Å²) in [6.45, 7) is 13.6. The zero-order valence-corrected chi connectivity index (χ0v) is 21.5. The van der Waals surface area contributed by atoms with Crippen LogP contribution in [-0.4, -0.2) is 4.98 Å². The van der Waals surface area contributed by atoms with Gasteiger partial charge in [-0.2, -0.15) is 0 Å². The van der Waals surface area contributed by atoms with Crippen LogP contribution in [0.5, 0.6) is 0 Å². The van der Waals surface area contributed by atoms with Crippen molar-refractivity contribution in [2.45, 2.75) is 52.4 Å². The van der Waals surface area contributed by atoms with Gasteiger partial charge in [0.1, 0.15) is 5.76 Å². The molecule has 2 aromatic heterocycles. The number of aromatic nitrogens is 1. The lowest BCUT2D eigenvalue weighted by molar-refractivity contribution is 0.567. The zero-order valence-electron chi connectivity index (χ0n) is 21.5. The molecular formula is C33H33NO. The number of rotatable bonds is 3. The predicted octanol–water partition coefficient (Wildman–Crippen LogP) is 9.42. The van der Waals surface area contributed by atoms with Gasteiger partial charge < -0.3 is 4.42 Å². The van der Waals surface area contributed by atoms with Crippen molar-refractivity contribution in [3.63, 3.8) is 0 Å². The number of benzene rings is 3. The average molecular weight is 460 g/mol. The first kappa shape index (κ1) is 23.1. The van der Waals surface area contributed by atoms with Gasteiger partial charge in [0, 0.05) is 16.5 Å². The molecule has 2 nitrogen and oxygen atoms in total. The van der Waals surface area contributed by atoms with Gasteiger partial charge >= 0.3 is 0 Å². The predicted molar refractivity (Wildman–Crippen MR) is 148 cm³/mol. The van der Waals surface area contributed by atoms with Gasteiger partial charge in [-0.15, -0.1) is 0 Å². The molecule has 2 heterocycles. The first-order valence-corrected chi connectivity index (χ1v) is 12.3. The summed E-state index contributed by atoms with van der Waals surface area (Å²) in [6.07, 6.45) is 1.85. The third-order valence-corrected chi connectivity index (χ3v) is 6.62. The van der Waals surface area contributed by atoms with Crippen molar-refractivity contribution in [2.24, 2.45) is 0 Å². The number of hydrogen-bond acceptors (Lipinski definition) is 2. The monoisotopic (exact) mass is 459 g/mol. The molecule has 0 unspecified atom stereocenters. The number of pyridine rings is 1. The topological polar surface area (TPSA) is 26.0 Å². The van der Waals surface area contributed by atoms with Crippen LogP contribution in [0.1, 0.15) is 52.7 Å². The highest BCUT2D eigenvalue weighted by Gasteiger charge is 2.22. The van der Waals surface area contributed by atoms with Crippen LogP contribution in [0.2, 0.25) is 0 Å². The molecule has 2 heteroatoms. The minimum absolute atomic E-state index is 0.0561. The highest BCUT2D eigenvalue weighted by molar-refractivity contribution is 5.86. The Kier molecular flexibility index (Phi) is 5.63. The van der Waals surface area contributed by atoms with Crippen molar-refractivity contribution in [1.29, 1.82) is 0 Å². The Bertz CT molecular complexity index is 1460. The zero-order chi connectivity index (χ0) is 24.8. The van der Waals surface area contributed by atoms with Crippen molar-refractivity contribution in [3.05, 3.63) is 102 Å². The van der Waals surface area contributed by atoms with E-state index in [1.54, 1.807) is 0 Å². The lowest BCUT2D eigenvalue weighted by Crippen LogP contribution is -2.16. The van der Waals surface area contributed by atoms with Gasteiger partial charge in [-0.3, -0.25) is 4.98 Å². The summed E-state index contributed by atoms with van der Waals surface area (Å²) in [5.41, 5.74) is 9.10. The first-order valence-electron chi connectivity index (χ1n) is 12.3. The van der Waals surface area contributed by atoms with E-state index in [1.807, 2.05) is 12.3 Å². The van der Waals surface area contributed by atoms with Crippen molar-refractivity contribution >= 4 is 11.0 Å². The molecule has 176 valence electrons. The molecule has 35 heavy (non-hydrogen) atoms. The normalized spacial score (nSPS) is 12.3. The third kappa shape index (κ3) is 4.79. The molecule has 0 atom stereocenters. The second kappa shape index (κ2) is 8.53. The smallest absolute Gasteiger partial charge is 0.153 e. The first-order chi connectivity index (χ1) is 16.6. The maximum Gasteiger partial charge on any atom is 0.153 e. The van der Waals surface area contributed by atoms with Crippen LogP contribution in [0.3, 0.4) is 0 Å². The van der Waals surface area contributed by atoms with E-state index in [-0.39, 0.29) is 10.8 Å². The van der Waals surface area contributed by atoms with Gasteiger partial charge in [-0.05, 0) is 63.4 Å². The van der Waals surface area contributed by atoms with Crippen LogP contribution >= 0.6 is 0 Å². The Balaban J connectivity index is 1.57. The van der Waals surface area contributed by atoms with Gasteiger partial charge in [0.05, 0.1) is 11.9 Å². The summed E-state index contributed by atoms with van der Waals surface area (Å²) in [5, 5.41) is 1.06. The average Bonchev–Trinajstić information content (AvgIpc) is 3.27. The molecule has 5 rings (SSSR count). The minimum atomic E-state index is 0.0561. The van der Waals surface area contributed by atoms with Gasteiger partial charge in [-0.25, -0.2) is 0 Å². The van der Waals surface area contributed by atoms with E-state index in [1.165, 1.54) is 22.3 Å².